The molecule has 3 rings (SSSR count). The SMILES string of the molecule is CCn1c(-c2ccc(C)cc2)nnc1S(=O)(=O)Cc1noc(C)n1. The summed E-state index contributed by atoms with van der Waals surface area (Å²) in [6.45, 7) is 5.86. The second kappa shape index (κ2) is 6.16. The van der Waals surface area contributed by atoms with Gasteiger partial charge in [0.05, 0.1) is 0 Å². The minimum atomic E-state index is -3.73. The molecule has 0 saturated carbocycles. The van der Waals surface area contributed by atoms with Gasteiger partial charge in [-0.05, 0) is 13.8 Å². The highest BCUT2D eigenvalue weighted by molar-refractivity contribution is 7.90. The lowest BCUT2D eigenvalue weighted by atomic mass is 10.1. The van der Waals surface area contributed by atoms with Crippen molar-refractivity contribution in [3.8, 4) is 11.4 Å². The topological polar surface area (TPSA) is 104 Å². The van der Waals surface area contributed by atoms with Crippen LogP contribution in [0.5, 0.6) is 0 Å². The fourth-order valence-corrected chi connectivity index (χ4v) is 3.66. The lowest BCUT2D eigenvalue weighted by Gasteiger charge is -2.07. The van der Waals surface area contributed by atoms with Gasteiger partial charge in [-0.1, -0.05) is 35.0 Å². The van der Waals surface area contributed by atoms with Gasteiger partial charge in [0.15, 0.2) is 11.6 Å². The Bertz CT molecular complexity index is 957. The number of benzene rings is 1. The van der Waals surface area contributed by atoms with Gasteiger partial charge in [-0.2, -0.15) is 4.98 Å². The standard InChI is InChI=1S/C15H17N5O3S/c1-4-20-14(12-7-5-10(2)6-8-12)17-18-15(20)24(21,22)9-13-16-11(3)23-19-13/h5-8H,4,9H2,1-3H3. The highest BCUT2D eigenvalue weighted by Gasteiger charge is 2.27. The maximum absolute atomic E-state index is 12.6. The van der Waals surface area contributed by atoms with Gasteiger partial charge in [0.2, 0.25) is 20.9 Å². The third-order valence-corrected chi connectivity index (χ3v) is 5.01. The Morgan fingerprint density at radius 3 is 2.42 bits per heavy atom. The molecule has 0 bridgehead atoms. The molecule has 0 aliphatic carbocycles. The predicted molar refractivity (Wildman–Crippen MR) is 85.8 cm³/mol. The van der Waals surface area contributed by atoms with E-state index in [4.69, 9.17) is 4.52 Å². The molecule has 0 fully saturated rings. The Kier molecular flexibility index (Phi) is 4.18. The summed E-state index contributed by atoms with van der Waals surface area (Å²) in [5.74, 6) is 0.559. The van der Waals surface area contributed by atoms with Crippen molar-refractivity contribution in [2.75, 3.05) is 0 Å². The van der Waals surface area contributed by atoms with Crippen molar-refractivity contribution in [1.29, 1.82) is 0 Å². The number of rotatable bonds is 5. The molecule has 2 heterocycles. The lowest BCUT2D eigenvalue weighted by molar-refractivity contribution is 0.388. The summed E-state index contributed by atoms with van der Waals surface area (Å²) in [6, 6.07) is 7.68. The Morgan fingerprint density at radius 2 is 1.83 bits per heavy atom. The van der Waals surface area contributed by atoms with E-state index < -0.39 is 9.84 Å². The summed E-state index contributed by atoms with van der Waals surface area (Å²) in [5.41, 5.74) is 1.92. The second-order valence-corrected chi connectivity index (χ2v) is 7.29. The minimum absolute atomic E-state index is 0.0944. The largest absolute Gasteiger partial charge is 0.340 e. The number of aryl methyl sites for hydroxylation is 2. The average molecular weight is 347 g/mol. The molecule has 2 aromatic heterocycles. The number of aromatic nitrogens is 5. The Balaban J connectivity index is 2.00. The zero-order valence-corrected chi connectivity index (χ0v) is 14.4. The van der Waals surface area contributed by atoms with Crippen LogP contribution in [0.15, 0.2) is 33.9 Å². The molecule has 0 spiro atoms. The number of hydrogen-bond acceptors (Lipinski definition) is 7. The van der Waals surface area contributed by atoms with Crippen LogP contribution < -0.4 is 0 Å². The van der Waals surface area contributed by atoms with E-state index in [1.807, 2.05) is 38.1 Å². The van der Waals surface area contributed by atoms with Gasteiger partial charge in [0, 0.05) is 19.0 Å². The fourth-order valence-electron chi connectivity index (χ4n) is 2.35. The first kappa shape index (κ1) is 16.3. The fraction of sp³-hybridized carbons (Fsp3) is 0.333. The lowest BCUT2D eigenvalue weighted by Crippen LogP contribution is -2.14. The van der Waals surface area contributed by atoms with Crippen molar-refractivity contribution < 1.29 is 12.9 Å². The molecule has 0 aliphatic rings. The molecule has 0 amide bonds. The number of hydrogen-bond donors (Lipinski definition) is 0. The normalized spacial score (nSPS) is 11.8. The van der Waals surface area contributed by atoms with Crippen LogP contribution in [0.2, 0.25) is 0 Å². The van der Waals surface area contributed by atoms with E-state index >= 15 is 0 Å². The van der Waals surface area contributed by atoms with Crippen LogP contribution in [-0.2, 0) is 22.1 Å². The number of nitrogens with zero attached hydrogens (tertiary/aromatic N) is 5. The molecule has 24 heavy (non-hydrogen) atoms. The molecule has 0 N–H and O–H groups in total. The summed E-state index contributed by atoms with van der Waals surface area (Å²) in [7, 11) is -3.73. The molecule has 9 heteroatoms. The van der Waals surface area contributed by atoms with Crippen LogP contribution in [0.3, 0.4) is 0 Å². The van der Waals surface area contributed by atoms with Crippen LogP contribution >= 0.6 is 0 Å². The van der Waals surface area contributed by atoms with E-state index in [1.165, 1.54) is 0 Å². The van der Waals surface area contributed by atoms with Crippen molar-refractivity contribution in [3.63, 3.8) is 0 Å². The molecule has 0 radical (unpaired) electrons. The van der Waals surface area contributed by atoms with Gasteiger partial charge >= 0.3 is 0 Å². The van der Waals surface area contributed by atoms with E-state index in [0.29, 0.717) is 18.3 Å². The summed E-state index contributed by atoms with van der Waals surface area (Å²) >= 11 is 0. The van der Waals surface area contributed by atoms with E-state index in [-0.39, 0.29) is 16.7 Å². The van der Waals surface area contributed by atoms with Crippen molar-refractivity contribution in [2.24, 2.45) is 0 Å². The van der Waals surface area contributed by atoms with Crippen LogP contribution in [0.25, 0.3) is 11.4 Å². The van der Waals surface area contributed by atoms with E-state index in [2.05, 4.69) is 20.3 Å². The first-order chi connectivity index (χ1) is 11.4. The van der Waals surface area contributed by atoms with Crippen molar-refractivity contribution in [2.45, 2.75) is 38.2 Å². The minimum Gasteiger partial charge on any atom is -0.340 e. The zero-order valence-electron chi connectivity index (χ0n) is 13.6. The van der Waals surface area contributed by atoms with Crippen LogP contribution in [-0.4, -0.2) is 33.3 Å². The first-order valence-corrected chi connectivity index (χ1v) is 9.08. The number of sulfone groups is 1. The Hall–Kier alpha value is -2.55. The van der Waals surface area contributed by atoms with Gasteiger partial charge in [0.25, 0.3) is 0 Å². The first-order valence-electron chi connectivity index (χ1n) is 7.43. The van der Waals surface area contributed by atoms with Crippen molar-refractivity contribution in [3.05, 3.63) is 41.5 Å². The molecule has 3 aromatic rings. The molecule has 0 atom stereocenters. The molecule has 0 unspecified atom stereocenters. The zero-order chi connectivity index (χ0) is 17.3. The van der Waals surface area contributed by atoms with Crippen molar-refractivity contribution >= 4 is 9.84 Å². The second-order valence-electron chi connectivity index (χ2n) is 5.41. The highest BCUT2D eigenvalue weighted by Crippen LogP contribution is 2.22. The van der Waals surface area contributed by atoms with Gasteiger partial charge < -0.3 is 4.52 Å². The molecule has 1 aromatic carbocycles. The molecule has 0 saturated heterocycles. The van der Waals surface area contributed by atoms with Crippen LogP contribution in [0.4, 0.5) is 0 Å². The molecule has 0 aliphatic heterocycles. The molecule has 126 valence electrons. The van der Waals surface area contributed by atoms with Gasteiger partial charge in [0.1, 0.15) is 5.75 Å². The Morgan fingerprint density at radius 1 is 1.12 bits per heavy atom. The van der Waals surface area contributed by atoms with E-state index in [1.54, 1.807) is 11.5 Å². The average Bonchev–Trinajstić information content (AvgIpc) is 3.14. The monoisotopic (exact) mass is 347 g/mol. The summed E-state index contributed by atoms with van der Waals surface area (Å²) in [5, 5.41) is 11.5. The third kappa shape index (κ3) is 3.07. The summed E-state index contributed by atoms with van der Waals surface area (Å²) in [4.78, 5) is 3.94. The van der Waals surface area contributed by atoms with Gasteiger partial charge in [-0.25, -0.2) is 8.42 Å². The summed E-state index contributed by atoms with van der Waals surface area (Å²) in [6.07, 6.45) is 0. The molecular formula is C15H17N5O3S. The van der Waals surface area contributed by atoms with Gasteiger partial charge in [-0.3, -0.25) is 4.57 Å². The molecule has 8 nitrogen and oxygen atoms in total. The van der Waals surface area contributed by atoms with E-state index in [0.717, 1.165) is 11.1 Å². The summed E-state index contributed by atoms with van der Waals surface area (Å²) < 4.78 is 31.7. The van der Waals surface area contributed by atoms with E-state index in [9.17, 15) is 8.42 Å². The smallest absolute Gasteiger partial charge is 0.250 e. The quantitative estimate of drug-likeness (QED) is 0.694. The predicted octanol–water partition coefficient (Wildman–Crippen LogP) is 1.94. The van der Waals surface area contributed by atoms with Crippen LogP contribution in [0, 0.1) is 13.8 Å². The Labute approximate surface area is 139 Å². The maximum atomic E-state index is 12.6. The molecular weight excluding hydrogens is 330 g/mol. The van der Waals surface area contributed by atoms with Gasteiger partial charge in [-0.15, -0.1) is 10.2 Å². The third-order valence-electron chi connectivity index (χ3n) is 3.51. The highest BCUT2D eigenvalue weighted by atomic mass is 32.2. The maximum Gasteiger partial charge on any atom is 0.250 e. The van der Waals surface area contributed by atoms with Crippen molar-refractivity contribution in [1.82, 2.24) is 24.9 Å². The van der Waals surface area contributed by atoms with Crippen LogP contribution in [0.1, 0.15) is 24.2 Å².